The highest BCUT2D eigenvalue weighted by molar-refractivity contribution is 6.00. The van der Waals surface area contributed by atoms with Crippen LogP contribution in [0.5, 0.6) is 5.88 Å². The summed E-state index contributed by atoms with van der Waals surface area (Å²) in [7, 11) is 0. The van der Waals surface area contributed by atoms with Crippen LogP contribution >= 0.6 is 0 Å². The van der Waals surface area contributed by atoms with Crippen LogP contribution in [0.25, 0.3) is 10.8 Å². The van der Waals surface area contributed by atoms with Crippen LogP contribution in [-0.4, -0.2) is 21.5 Å². The van der Waals surface area contributed by atoms with Crippen LogP contribution in [0.3, 0.4) is 0 Å². The second-order valence-electron chi connectivity index (χ2n) is 4.41. The van der Waals surface area contributed by atoms with E-state index in [0.29, 0.717) is 18.2 Å². The smallest absolute Gasteiger partial charge is 0.249 e. The third-order valence-electron chi connectivity index (χ3n) is 3.27. The van der Waals surface area contributed by atoms with Gasteiger partial charge in [-0.15, -0.1) is 0 Å². The predicted molar refractivity (Wildman–Crippen MR) is 65.0 cm³/mol. The molecule has 0 saturated carbocycles. The van der Waals surface area contributed by atoms with E-state index in [-0.39, 0.29) is 17.7 Å². The molecule has 2 aromatic rings. The van der Waals surface area contributed by atoms with Gasteiger partial charge in [-0.2, -0.15) is 0 Å². The highest BCUT2D eigenvalue weighted by Crippen LogP contribution is 2.32. The normalized spacial score (nSPS) is 20.1. The zero-order valence-electron chi connectivity index (χ0n) is 9.59. The quantitative estimate of drug-likeness (QED) is 0.743. The lowest BCUT2D eigenvalue weighted by atomic mass is 10.1. The summed E-state index contributed by atoms with van der Waals surface area (Å²) in [6.07, 6.45) is 2.45. The van der Waals surface area contributed by atoms with Crippen LogP contribution < -0.4 is 5.32 Å². The average molecular weight is 244 g/mol. The van der Waals surface area contributed by atoms with Gasteiger partial charge in [0.15, 0.2) is 5.88 Å². The first-order valence-corrected chi connectivity index (χ1v) is 5.79. The fourth-order valence-corrected chi connectivity index (χ4v) is 2.35. The van der Waals surface area contributed by atoms with Crippen molar-refractivity contribution in [1.29, 1.82) is 0 Å². The van der Waals surface area contributed by atoms with Gasteiger partial charge < -0.3 is 9.67 Å². The molecule has 2 N–H and O–H groups in total. The van der Waals surface area contributed by atoms with Gasteiger partial charge in [0.1, 0.15) is 6.04 Å². The summed E-state index contributed by atoms with van der Waals surface area (Å²) in [6, 6.07) is 6.85. The summed E-state index contributed by atoms with van der Waals surface area (Å²) in [6.45, 7) is 0. The van der Waals surface area contributed by atoms with Gasteiger partial charge in [0.2, 0.25) is 11.8 Å². The van der Waals surface area contributed by atoms with Crippen LogP contribution in [0.15, 0.2) is 30.5 Å². The van der Waals surface area contributed by atoms with E-state index in [9.17, 15) is 14.7 Å². The number of benzene rings is 1. The van der Waals surface area contributed by atoms with Crippen molar-refractivity contribution < 1.29 is 14.7 Å². The summed E-state index contributed by atoms with van der Waals surface area (Å²) >= 11 is 0. The molecule has 2 amide bonds. The monoisotopic (exact) mass is 244 g/mol. The first-order valence-electron chi connectivity index (χ1n) is 5.79. The largest absolute Gasteiger partial charge is 0.494 e. The Labute approximate surface area is 103 Å². The summed E-state index contributed by atoms with van der Waals surface area (Å²) in [5.41, 5.74) is 0. The van der Waals surface area contributed by atoms with Crippen molar-refractivity contribution in [2.24, 2.45) is 0 Å². The number of carbonyl (C=O) groups excluding carboxylic acids is 2. The number of hydrogen-bond acceptors (Lipinski definition) is 3. The SMILES string of the molecule is O=C1CCC(n2cc3ccccc3c2O)C(=O)N1. The molecule has 5 nitrogen and oxygen atoms in total. The molecule has 1 saturated heterocycles. The molecule has 1 aliphatic rings. The van der Waals surface area contributed by atoms with Crippen LogP contribution in [0.1, 0.15) is 18.9 Å². The number of hydrogen-bond donors (Lipinski definition) is 2. The molecule has 2 heterocycles. The molecule has 1 aliphatic heterocycles. The average Bonchev–Trinajstić information content (AvgIpc) is 2.68. The van der Waals surface area contributed by atoms with Gasteiger partial charge in [-0.3, -0.25) is 14.9 Å². The van der Waals surface area contributed by atoms with Crippen LogP contribution in [0, 0.1) is 0 Å². The number of nitrogens with zero attached hydrogens (tertiary/aromatic N) is 1. The van der Waals surface area contributed by atoms with E-state index < -0.39 is 6.04 Å². The molecule has 0 aliphatic carbocycles. The van der Waals surface area contributed by atoms with Crippen LogP contribution in [-0.2, 0) is 9.59 Å². The molecule has 1 unspecified atom stereocenters. The summed E-state index contributed by atoms with van der Waals surface area (Å²) in [5, 5.41) is 14.0. The Morgan fingerprint density at radius 3 is 2.78 bits per heavy atom. The first kappa shape index (κ1) is 10.8. The Morgan fingerprint density at radius 2 is 2.06 bits per heavy atom. The Kier molecular flexibility index (Phi) is 2.33. The zero-order valence-corrected chi connectivity index (χ0v) is 9.59. The third kappa shape index (κ3) is 1.55. The standard InChI is InChI=1S/C13H12N2O3/c16-11-6-5-10(12(17)14-11)15-7-8-3-1-2-4-9(8)13(15)18/h1-4,7,10,18H,5-6H2,(H,14,16,17). The van der Waals surface area contributed by atoms with Crippen LogP contribution in [0.4, 0.5) is 0 Å². The minimum Gasteiger partial charge on any atom is -0.494 e. The van der Waals surface area contributed by atoms with Crippen molar-refractivity contribution in [1.82, 2.24) is 9.88 Å². The highest BCUT2D eigenvalue weighted by Gasteiger charge is 2.29. The maximum absolute atomic E-state index is 11.8. The van der Waals surface area contributed by atoms with E-state index in [0.717, 1.165) is 5.39 Å². The molecule has 1 atom stereocenters. The maximum atomic E-state index is 11.8. The molecule has 1 aromatic heterocycles. The lowest BCUT2D eigenvalue weighted by Crippen LogP contribution is -2.41. The number of amides is 2. The molecule has 0 radical (unpaired) electrons. The van der Waals surface area contributed by atoms with Gasteiger partial charge in [-0.25, -0.2) is 0 Å². The van der Waals surface area contributed by atoms with E-state index in [4.69, 9.17) is 0 Å². The van der Waals surface area contributed by atoms with Crippen molar-refractivity contribution in [3.8, 4) is 5.88 Å². The van der Waals surface area contributed by atoms with Gasteiger partial charge in [-0.1, -0.05) is 18.2 Å². The zero-order chi connectivity index (χ0) is 12.7. The number of carbonyl (C=O) groups is 2. The number of piperidine rings is 1. The number of aromatic nitrogens is 1. The Morgan fingerprint density at radius 1 is 1.28 bits per heavy atom. The lowest BCUT2D eigenvalue weighted by molar-refractivity contribution is -0.135. The van der Waals surface area contributed by atoms with Crippen LogP contribution in [0.2, 0.25) is 0 Å². The molecule has 3 rings (SSSR count). The number of imide groups is 1. The molecule has 92 valence electrons. The molecule has 1 aromatic carbocycles. The first-order chi connectivity index (χ1) is 8.66. The topological polar surface area (TPSA) is 71.3 Å². The Balaban J connectivity index is 2.06. The molecule has 1 fully saturated rings. The maximum Gasteiger partial charge on any atom is 0.249 e. The van der Waals surface area contributed by atoms with Crippen molar-refractivity contribution >= 4 is 22.6 Å². The van der Waals surface area contributed by atoms with Crippen molar-refractivity contribution in [2.45, 2.75) is 18.9 Å². The fourth-order valence-electron chi connectivity index (χ4n) is 2.35. The molecule has 0 spiro atoms. The van der Waals surface area contributed by atoms with Gasteiger partial charge >= 0.3 is 0 Å². The predicted octanol–water partition coefficient (Wildman–Crippen LogP) is 1.32. The minimum atomic E-state index is -0.518. The molecular formula is C13H12N2O3. The van der Waals surface area contributed by atoms with Gasteiger partial charge in [-0.05, 0) is 12.5 Å². The number of aromatic hydroxyl groups is 1. The van der Waals surface area contributed by atoms with E-state index >= 15 is 0 Å². The third-order valence-corrected chi connectivity index (χ3v) is 3.27. The number of rotatable bonds is 1. The van der Waals surface area contributed by atoms with Gasteiger partial charge in [0.25, 0.3) is 0 Å². The van der Waals surface area contributed by atoms with E-state index in [2.05, 4.69) is 5.32 Å². The molecule has 18 heavy (non-hydrogen) atoms. The second kappa shape index (κ2) is 3.87. The Bertz CT molecular complexity index is 645. The van der Waals surface area contributed by atoms with E-state index in [1.54, 1.807) is 12.3 Å². The summed E-state index contributed by atoms with van der Waals surface area (Å²) < 4.78 is 1.53. The number of fused-ring (bicyclic) bond motifs is 1. The minimum absolute atomic E-state index is 0.0695. The lowest BCUT2D eigenvalue weighted by Gasteiger charge is -2.22. The Hall–Kier alpha value is -2.30. The van der Waals surface area contributed by atoms with E-state index in [1.165, 1.54) is 4.57 Å². The summed E-state index contributed by atoms with van der Waals surface area (Å²) in [5.74, 6) is -0.547. The highest BCUT2D eigenvalue weighted by atomic mass is 16.3. The van der Waals surface area contributed by atoms with E-state index in [1.807, 2.05) is 18.2 Å². The fraction of sp³-hybridized carbons (Fsp3) is 0.231. The molecular weight excluding hydrogens is 232 g/mol. The second-order valence-corrected chi connectivity index (χ2v) is 4.41. The molecule has 0 bridgehead atoms. The van der Waals surface area contributed by atoms with Crippen molar-refractivity contribution in [2.75, 3.05) is 0 Å². The van der Waals surface area contributed by atoms with Crippen molar-refractivity contribution in [3.63, 3.8) is 0 Å². The van der Waals surface area contributed by atoms with Gasteiger partial charge in [0, 0.05) is 23.4 Å². The van der Waals surface area contributed by atoms with Crippen molar-refractivity contribution in [3.05, 3.63) is 30.5 Å². The molecule has 5 heteroatoms. The van der Waals surface area contributed by atoms with Gasteiger partial charge in [0.05, 0.1) is 0 Å². The summed E-state index contributed by atoms with van der Waals surface area (Å²) in [4.78, 5) is 22.9. The number of nitrogens with one attached hydrogen (secondary N) is 1.